The number of rotatable bonds is 6. The smallest absolute Gasteiger partial charge is 0.305 e. The van der Waals surface area contributed by atoms with E-state index in [4.69, 9.17) is 5.11 Å². The first-order chi connectivity index (χ1) is 12.4. The van der Waals surface area contributed by atoms with Crippen molar-refractivity contribution in [2.75, 3.05) is 0 Å². The molecular formula is C20H21N3O2S. The lowest BCUT2D eigenvalue weighted by molar-refractivity contribution is -0.137. The summed E-state index contributed by atoms with van der Waals surface area (Å²) in [6.45, 7) is 6.34. The standard InChI is InChI=1S/C20H21N3O2S/c1-13-4-6-16(7-5-13)18-12-26-19(21-18)9-8-17-14(2)22-23(15(17)3)11-10-20(24)25/h4-9,12H,10-11H2,1-3H3,(H,24,25). The molecule has 2 heterocycles. The number of hydrogen-bond donors (Lipinski definition) is 1. The summed E-state index contributed by atoms with van der Waals surface area (Å²) in [6.07, 6.45) is 4.06. The van der Waals surface area contributed by atoms with Gasteiger partial charge in [-0.25, -0.2) is 4.98 Å². The highest BCUT2D eigenvalue weighted by atomic mass is 32.1. The minimum Gasteiger partial charge on any atom is -0.481 e. The van der Waals surface area contributed by atoms with Crippen LogP contribution in [-0.2, 0) is 11.3 Å². The number of aliphatic carboxylic acids is 1. The zero-order valence-electron chi connectivity index (χ0n) is 15.1. The molecule has 134 valence electrons. The van der Waals surface area contributed by atoms with Gasteiger partial charge in [-0.05, 0) is 32.9 Å². The van der Waals surface area contributed by atoms with Crippen LogP contribution in [0.1, 0.15) is 33.9 Å². The van der Waals surface area contributed by atoms with E-state index in [9.17, 15) is 4.79 Å². The van der Waals surface area contributed by atoms with Crippen LogP contribution in [0, 0.1) is 20.8 Å². The number of thiazole rings is 1. The second-order valence-electron chi connectivity index (χ2n) is 6.22. The van der Waals surface area contributed by atoms with Crippen molar-refractivity contribution in [2.24, 2.45) is 0 Å². The summed E-state index contributed by atoms with van der Waals surface area (Å²) in [5, 5.41) is 16.3. The van der Waals surface area contributed by atoms with Crippen LogP contribution in [0.25, 0.3) is 23.4 Å². The van der Waals surface area contributed by atoms with Gasteiger partial charge in [0.05, 0.1) is 24.4 Å². The normalized spacial score (nSPS) is 11.3. The van der Waals surface area contributed by atoms with Gasteiger partial charge in [0.1, 0.15) is 5.01 Å². The fourth-order valence-electron chi connectivity index (χ4n) is 2.75. The molecule has 3 rings (SSSR count). The van der Waals surface area contributed by atoms with E-state index < -0.39 is 5.97 Å². The summed E-state index contributed by atoms with van der Waals surface area (Å²) < 4.78 is 1.75. The monoisotopic (exact) mass is 367 g/mol. The first-order valence-electron chi connectivity index (χ1n) is 8.40. The van der Waals surface area contributed by atoms with E-state index in [-0.39, 0.29) is 6.42 Å². The third-order valence-electron chi connectivity index (χ3n) is 4.24. The predicted octanol–water partition coefficient (Wildman–Crippen LogP) is 4.58. The van der Waals surface area contributed by atoms with E-state index in [1.54, 1.807) is 16.0 Å². The molecule has 0 spiro atoms. The maximum Gasteiger partial charge on any atom is 0.305 e. The number of aryl methyl sites for hydroxylation is 3. The van der Waals surface area contributed by atoms with Crippen molar-refractivity contribution >= 4 is 29.5 Å². The zero-order valence-corrected chi connectivity index (χ0v) is 15.9. The van der Waals surface area contributed by atoms with Gasteiger partial charge in [0.2, 0.25) is 0 Å². The number of hydrogen-bond acceptors (Lipinski definition) is 4. The molecule has 2 aromatic heterocycles. The minimum absolute atomic E-state index is 0.0670. The van der Waals surface area contributed by atoms with E-state index >= 15 is 0 Å². The van der Waals surface area contributed by atoms with Crippen molar-refractivity contribution in [1.29, 1.82) is 0 Å². The lowest BCUT2D eigenvalue weighted by Gasteiger charge is -2.01. The molecule has 0 aliphatic heterocycles. The minimum atomic E-state index is -0.818. The van der Waals surface area contributed by atoms with E-state index in [2.05, 4.69) is 46.7 Å². The third kappa shape index (κ3) is 4.08. The van der Waals surface area contributed by atoms with Crippen molar-refractivity contribution < 1.29 is 9.90 Å². The molecule has 26 heavy (non-hydrogen) atoms. The second kappa shape index (κ2) is 7.66. The van der Waals surface area contributed by atoms with Gasteiger partial charge in [0.25, 0.3) is 0 Å². The largest absolute Gasteiger partial charge is 0.481 e. The summed E-state index contributed by atoms with van der Waals surface area (Å²) in [4.78, 5) is 15.4. The van der Waals surface area contributed by atoms with Gasteiger partial charge in [0.15, 0.2) is 0 Å². The van der Waals surface area contributed by atoms with Gasteiger partial charge < -0.3 is 5.11 Å². The Balaban J connectivity index is 1.78. The SMILES string of the molecule is Cc1ccc(-c2csc(C=Cc3c(C)nn(CCC(=O)O)c3C)n2)cc1. The highest BCUT2D eigenvalue weighted by molar-refractivity contribution is 7.10. The van der Waals surface area contributed by atoms with Crippen LogP contribution < -0.4 is 0 Å². The van der Waals surface area contributed by atoms with Gasteiger partial charge in [0, 0.05) is 22.2 Å². The van der Waals surface area contributed by atoms with E-state index in [0.717, 1.165) is 33.2 Å². The molecule has 0 amide bonds. The van der Waals surface area contributed by atoms with Crippen LogP contribution in [0.2, 0.25) is 0 Å². The Morgan fingerprint density at radius 2 is 1.92 bits per heavy atom. The molecule has 1 aromatic carbocycles. The summed E-state index contributed by atoms with van der Waals surface area (Å²) >= 11 is 1.60. The Bertz CT molecular complexity index is 952. The number of carbonyl (C=O) groups is 1. The van der Waals surface area contributed by atoms with Crippen molar-refractivity contribution in [1.82, 2.24) is 14.8 Å². The average Bonchev–Trinajstić information content (AvgIpc) is 3.17. The molecule has 0 bridgehead atoms. The summed E-state index contributed by atoms with van der Waals surface area (Å²) in [5.41, 5.74) is 6.19. The molecule has 5 nitrogen and oxygen atoms in total. The van der Waals surface area contributed by atoms with Crippen LogP contribution in [-0.4, -0.2) is 25.8 Å². The number of carboxylic acids is 1. The highest BCUT2D eigenvalue weighted by Crippen LogP contribution is 2.24. The molecule has 3 aromatic rings. The highest BCUT2D eigenvalue weighted by Gasteiger charge is 2.10. The van der Waals surface area contributed by atoms with Crippen LogP contribution in [0.15, 0.2) is 29.6 Å². The first kappa shape index (κ1) is 18.1. The Labute approximate surface area is 156 Å². The van der Waals surface area contributed by atoms with Gasteiger partial charge in [-0.2, -0.15) is 5.10 Å². The van der Waals surface area contributed by atoms with Crippen molar-refractivity contribution in [3.63, 3.8) is 0 Å². The average molecular weight is 367 g/mol. The molecule has 0 fully saturated rings. The van der Waals surface area contributed by atoms with Crippen LogP contribution in [0.4, 0.5) is 0 Å². The van der Waals surface area contributed by atoms with Crippen molar-refractivity contribution in [2.45, 2.75) is 33.7 Å². The lowest BCUT2D eigenvalue weighted by Crippen LogP contribution is -2.07. The molecule has 0 saturated heterocycles. The number of benzene rings is 1. The molecule has 0 aliphatic rings. The Morgan fingerprint density at radius 3 is 2.62 bits per heavy atom. The van der Waals surface area contributed by atoms with Gasteiger partial charge in [-0.1, -0.05) is 29.8 Å². The molecular weight excluding hydrogens is 346 g/mol. The molecule has 0 unspecified atom stereocenters. The Hall–Kier alpha value is -2.73. The predicted molar refractivity (Wildman–Crippen MR) is 105 cm³/mol. The van der Waals surface area contributed by atoms with E-state index in [1.807, 2.05) is 26.0 Å². The Morgan fingerprint density at radius 1 is 1.19 bits per heavy atom. The quantitative estimate of drug-likeness (QED) is 0.692. The number of carboxylic acid groups (broad SMARTS) is 1. The number of aromatic nitrogens is 3. The molecule has 0 atom stereocenters. The fraction of sp³-hybridized carbons (Fsp3) is 0.250. The van der Waals surface area contributed by atoms with E-state index in [1.165, 1.54) is 5.56 Å². The molecule has 0 aliphatic carbocycles. The van der Waals surface area contributed by atoms with Crippen molar-refractivity contribution in [3.8, 4) is 11.3 Å². The second-order valence-corrected chi connectivity index (χ2v) is 7.11. The van der Waals surface area contributed by atoms with Crippen molar-refractivity contribution in [3.05, 3.63) is 57.2 Å². The molecule has 6 heteroatoms. The first-order valence-corrected chi connectivity index (χ1v) is 9.28. The zero-order chi connectivity index (χ0) is 18.7. The van der Waals surface area contributed by atoms with Gasteiger partial charge >= 0.3 is 5.97 Å². The van der Waals surface area contributed by atoms with E-state index in [0.29, 0.717) is 6.54 Å². The number of nitrogens with zero attached hydrogens (tertiary/aromatic N) is 3. The molecule has 1 N–H and O–H groups in total. The van der Waals surface area contributed by atoms with Gasteiger partial charge in [-0.3, -0.25) is 9.48 Å². The van der Waals surface area contributed by atoms with Crippen LogP contribution >= 0.6 is 11.3 Å². The summed E-state index contributed by atoms with van der Waals surface area (Å²) in [7, 11) is 0. The summed E-state index contributed by atoms with van der Waals surface area (Å²) in [5.74, 6) is -0.818. The maximum atomic E-state index is 10.8. The maximum absolute atomic E-state index is 10.8. The van der Waals surface area contributed by atoms with Crippen LogP contribution in [0.5, 0.6) is 0 Å². The van der Waals surface area contributed by atoms with Crippen LogP contribution in [0.3, 0.4) is 0 Å². The van der Waals surface area contributed by atoms with Gasteiger partial charge in [-0.15, -0.1) is 11.3 Å². The molecule has 0 saturated carbocycles. The molecule has 0 radical (unpaired) electrons. The fourth-order valence-corrected chi connectivity index (χ4v) is 3.47. The topological polar surface area (TPSA) is 68.0 Å². The third-order valence-corrected chi connectivity index (χ3v) is 5.05. The Kier molecular flexibility index (Phi) is 5.32. The lowest BCUT2D eigenvalue weighted by atomic mass is 10.1. The summed E-state index contributed by atoms with van der Waals surface area (Å²) in [6, 6.07) is 8.34.